The molecule has 0 aliphatic carbocycles. The van der Waals surface area contributed by atoms with Crippen molar-refractivity contribution in [3.05, 3.63) is 63.1 Å². The van der Waals surface area contributed by atoms with Gasteiger partial charge in [0.15, 0.2) is 0 Å². The highest BCUT2D eigenvalue weighted by Crippen LogP contribution is 2.21. The molecule has 2 heterocycles. The Morgan fingerprint density at radius 1 is 1.30 bits per heavy atom. The number of amides is 1. The van der Waals surface area contributed by atoms with Gasteiger partial charge in [-0.05, 0) is 57.8 Å². The fourth-order valence-corrected chi connectivity index (χ4v) is 3.53. The first-order chi connectivity index (χ1) is 12.9. The summed E-state index contributed by atoms with van der Waals surface area (Å²) in [6.07, 6.45) is 2.04. The van der Waals surface area contributed by atoms with E-state index in [1.807, 2.05) is 13.8 Å². The Kier molecular flexibility index (Phi) is 5.91. The molecule has 1 aromatic heterocycles. The second-order valence-corrected chi connectivity index (χ2v) is 7.18. The van der Waals surface area contributed by atoms with Crippen LogP contribution < -0.4 is 5.32 Å². The number of carbonyl (C=O) groups is 1. The molecule has 2 aromatic rings. The number of nitrogens with one attached hydrogen (secondary N) is 1. The van der Waals surface area contributed by atoms with E-state index in [1.165, 1.54) is 23.8 Å². The van der Waals surface area contributed by atoms with E-state index in [9.17, 15) is 14.9 Å². The quantitative estimate of drug-likeness (QED) is 0.621. The van der Waals surface area contributed by atoms with Crippen molar-refractivity contribution in [1.29, 1.82) is 0 Å². The van der Waals surface area contributed by atoms with E-state index in [1.54, 1.807) is 6.07 Å². The van der Waals surface area contributed by atoms with Crippen LogP contribution in [-0.2, 0) is 6.54 Å². The smallest absolute Gasteiger partial charge is 0.270 e. The number of hydrogen-bond donors (Lipinski definition) is 1. The number of non-ortho nitro benzene ring substituents is 1. The molecule has 0 saturated carbocycles. The average molecular weight is 371 g/mol. The van der Waals surface area contributed by atoms with Crippen LogP contribution in [0.25, 0.3) is 0 Å². The normalized spacial score (nSPS) is 15.6. The minimum Gasteiger partial charge on any atom is -0.466 e. The topological polar surface area (TPSA) is 88.6 Å². The number of carbonyl (C=O) groups excluding carboxylic acids is 1. The van der Waals surface area contributed by atoms with Crippen molar-refractivity contribution in [3.63, 3.8) is 0 Å². The van der Waals surface area contributed by atoms with Gasteiger partial charge in [-0.2, -0.15) is 0 Å². The fraction of sp³-hybridized carbons (Fsp3) is 0.450. The molecule has 1 saturated heterocycles. The molecule has 1 amide bonds. The number of hydrogen-bond acceptors (Lipinski definition) is 5. The van der Waals surface area contributed by atoms with E-state index in [2.05, 4.69) is 16.3 Å². The fourth-order valence-electron chi connectivity index (χ4n) is 3.53. The molecule has 1 aromatic carbocycles. The molecule has 0 bridgehead atoms. The zero-order valence-corrected chi connectivity index (χ0v) is 15.7. The van der Waals surface area contributed by atoms with Crippen molar-refractivity contribution in [2.24, 2.45) is 5.92 Å². The summed E-state index contributed by atoms with van der Waals surface area (Å²) < 4.78 is 5.59. The van der Waals surface area contributed by atoms with Crippen LogP contribution in [0.2, 0.25) is 0 Å². The van der Waals surface area contributed by atoms with Gasteiger partial charge in [0, 0.05) is 36.3 Å². The van der Waals surface area contributed by atoms with Gasteiger partial charge in [0.1, 0.15) is 11.5 Å². The number of likely N-dealkylation sites (tertiary alicyclic amines) is 1. The first-order valence-corrected chi connectivity index (χ1v) is 9.23. The predicted molar refractivity (Wildman–Crippen MR) is 102 cm³/mol. The molecule has 0 atom stereocenters. The third-order valence-electron chi connectivity index (χ3n) is 5.12. The molecular weight excluding hydrogens is 346 g/mol. The van der Waals surface area contributed by atoms with E-state index in [0.29, 0.717) is 18.0 Å². The molecule has 1 fully saturated rings. The maximum absolute atomic E-state index is 12.3. The van der Waals surface area contributed by atoms with Crippen LogP contribution >= 0.6 is 0 Å². The van der Waals surface area contributed by atoms with E-state index >= 15 is 0 Å². The lowest BCUT2D eigenvalue weighted by molar-refractivity contribution is -0.384. The Balaban J connectivity index is 1.45. The molecule has 0 spiro atoms. The summed E-state index contributed by atoms with van der Waals surface area (Å²) >= 11 is 0. The number of benzene rings is 1. The summed E-state index contributed by atoms with van der Waals surface area (Å²) in [6.45, 7) is 7.43. The maximum atomic E-state index is 12.3. The zero-order chi connectivity index (χ0) is 19.4. The van der Waals surface area contributed by atoms with Crippen molar-refractivity contribution >= 4 is 11.6 Å². The molecule has 0 unspecified atom stereocenters. The Morgan fingerprint density at radius 3 is 2.67 bits per heavy atom. The number of piperidine rings is 1. The van der Waals surface area contributed by atoms with E-state index < -0.39 is 4.92 Å². The summed E-state index contributed by atoms with van der Waals surface area (Å²) in [7, 11) is 0. The lowest BCUT2D eigenvalue weighted by Gasteiger charge is -2.31. The SMILES string of the molecule is Cc1cc(CN2CCC(CNC(=O)c3cccc([N+](=O)[O-])c3)CC2)c(C)o1. The van der Waals surface area contributed by atoms with Crippen LogP contribution in [0.3, 0.4) is 0 Å². The lowest BCUT2D eigenvalue weighted by atomic mass is 9.96. The third-order valence-corrected chi connectivity index (χ3v) is 5.12. The van der Waals surface area contributed by atoms with Crippen molar-refractivity contribution in [3.8, 4) is 0 Å². The molecule has 7 heteroatoms. The number of furan rings is 1. The van der Waals surface area contributed by atoms with Crippen LogP contribution in [0.15, 0.2) is 34.7 Å². The second-order valence-electron chi connectivity index (χ2n) is 7.18. The largest absolute Gasteiger partial charge is 0.466 e. The van der Waals surface area contributed by atoms with Gasteiger partial charge < -0.3 is 9.73 Å². The van der Waals surface area contributed by atoms with E-state index in [4.69, 9.17) is 4.42 Å². The Morgan fingerprint density at radius 2 is 2.04 bits per heavy atom. The van der Waals surface area contributed by atoms with E-state index in [-0.39, 0.29) is 11.6 Å². The number of nitro benzene ring substituents is 1. The van der Waals surface area contributed by atoms with Gasteiger partial charge in [0.2, 0.25) is 0 Å². The molecule has 0 radical (unpaired) electrons. The predicted octanol–water partition coefficient (Wildman–Crippen LogP) is 3.45. The van der Waals surface area contributed by atoms with Gasteiger partial charge in [-0.25, -0.2) is 0 Å². The molecule has 7 nitrogen and oxygen atoms in total. The van der Waals surface area contributed by atoms with Crippen molar-refractivity contribution < 1.29 is 14.1 Å². The summed E-state index contributed by atoms with van der Waals surface area (Å²) in [5.41, 5.74) is 1.50. The zero-order valence-electron chi connectivity index (χ0n) is 15.7. The minimum atomic E-state index is -0.490. The molecule has 27 heavy (non-hydrogen) atoms. The van der Waals surface area contributed by atoms with Gasteiger partial charge >= 0.3 is 0 Å². The van der Waals surface area contributed by atoms with Crippen molar-refractivity contribution in [2.45, 2.75) is 33.2 Å². The highest BCUT2D eigenvalue weighted by Gasteiger charge is 2.21. The Bertz CT molecular complexity index is 822. The molecule has 3 rings (SSSR count). The van der Waals surface area contributed by atoms with Crippen LogP contribution in [0, 0.1) is 29.9 Å². The monoisotopic (exact) mass is 371 g/mol. The standard InChI is InChI=1S/C20H25N3O4/c1-14-10-18(15(2)27-14)13-22-8-6-16(7-9-22)12-21-20(24)17-4-3-5-19(11-17)23(25)26/h3-5,10-11,16H,6-9,12-13H2,1-2H3,(H,21,24). The number of rotatable bonds is 6. The van der Waals surface area contributed by atoms with Crippen LogP contribution in [0.1, 0.15) is 40.3 Å². The maximum Gasteiger partial charge on any atom is 0.270 e. The highest BCUT2D eigenvalue weighted by molar-refractivity contribution is 5.94. The van der Waals surface area contributed by atoms with Gasteiger partial charge in [0.05, 0.1) is 4.92 Å². The van der Waals surface area contributed by atoms with Gasteiger partial charge in [0.25, 0.3) is 11.6 Å². The van der Waals surface area contributed by atoms with E-state index in [0.717, 1.165) is 44.0 Å². The van der Waals surface area contributed by atoms with Crippen molar-refractivity contribution in [1.82, 2.24) is 10.2 Å². The van der Waals surface area contributed by atoms with Gasteiger partial charge in [-0.1, -0.05) is 6.07 Å². The minimum absolute atomic E-state index is 0.0688. The van der Waals surface area contributed by atoms with Crippen LogP contribution in [0.5, 0.6) is 0 Å². The van der Waals surface area contributed by atoms with Crippen LogP contribution in [0.4, 0.5) is 5.69 Å². The molecule has 1 aliphatic rings. The second kappa shape index (κ2) is 8.35. The van der Waals surface area contributed by atoms with Crippen molar-refractivity contribution in [2.75, 3.05) is 19.6 Å². The lowest BCUT2D eigenvalue weighted by Crippen LogP contribution is -2.38. The molecule has 1 aliphatic heterocycles. The highest BCUT2D eigenvalue weighted by atomic mass is 16.6. The third kappa shape index (κ3) is 4.95. The first kappa shape index (κ1) is 19.1. The van der Waals surface area contributed by atoms with Gasteiger partial charge in [-0.15, -0.1) is 0 Å². The summed E-state index contributed by atoms with van der Waals surface area (Å²) in [5.74, 6) is 2.10. The molecular formula is C20H25N3O4. The summed E-state index contributed by atoms with van der Waals surface area (Å²) in [6, 6.07) is 7.93. The number of nitro groups is 1. The summed E-state index contributed by atoms with van der Waals surface area (Å²) in [4.78, 5) is 25.0. The number of nitrogens with zero attached hydrogens (tertiary/aromatic N) is 2. The van der Waals surface area contributed by atoms with Crippen LogP contribution in [-0.4, -0.2) is 35.4 Å². The number of aryl methyl sites for hydroxylation is 2. The Hall–Kier alpha value is -2.67. The Labute approximate surface area is 158 Å². The first-order valence-electron chi connectivity index (χ1n) is 9.23. The van der Waals surface area contributed by atoms with Gasteiger partial charge in [-0.3, -0.25) is 19.8 Å². The molecule has 144 valence electrons. The molecule has 1 N–H and O–H groups in total. The average Bonchev–Trinajstić information content (AvgIpc) is 2.98. The summed E-state index contributed by atoms with van der Waals surface area (Å²) in [5, 5.41) is 13.7.